The first kappa shape index (κ1) is 12.1. The minimum Gasteiger partial charge on any atom is -0.474 e. The Labute approximate surface area is 101 Å². The van der Waals surface area contributed by atoms with E-state index in [-0.39, 0.29) is 6.10 Å². The Hall–Kier alpha value is -1.40. The van der Waals surface area contributed by atoms with E-state index in [9.17, 15) is 0 Å². The first-order valence-corrected chi connectivity index (χ1v) is 5.82. The summed E-state index contributed by atoms with van der Waals surface area (Å²) in [7, 11) is 1.60. The van der Waals surface area contributed by atoms with Crippen molar-refractivity contribution in [3.05, 3.63) is 11.9 Å². The number of rotatable bonds is 5. The summed E-state index contributed by atoms with van der Waals surface area (Å²) in [6.07, 6.45) is 4.90. The normalized spacial score (nSPS) is 16.1. The summed E-state index contributed by atoms with van der Waals surface area (Å²) in [6.45, 7) is 0.344. The maximum absolute atomic E-state index is 5.80. The predicted octanol–water partition coefficient (Wildman–Crippen LogP) is 1.23. The number of nitrogens with zero attached hydrogens (tertiary/aromatic N) is 2. The molecule has 17 heavy (non-hydrogen) atoms. The summed E-state index contributed by atoms with van der Waals surface area (Å²) < 4.78 is 10.8. The van der Waals surface area contributed by atoms with Gasteiger partial charge in [0.25, 0.3) is 0 Å². The van der Waals surface area contributed by atoms with Crippen molar-refractivity contribution in [2.24, 2.45) is 5.84 Å². The zero-order chi connectivity index (χ0) is 12.1. The molecule has 0 saturated heterocycles. The Bertz CT molecular complexity index is 366. The van der Waals surface area contributed by atoms with Gasteiger partial charge in [-0.2, -0.15) is 4.98 Å². The van der Waals surface area contributed by atoms with Crippen molar-refractivity contribution < 1.29 is 9.47 Å². The van der Waals surface area contributed by atoms with E-state index in [1.54, 1.807) is 13.2 Å². The van der Waals surface area contributed by atoms with Crippen LogP contribution in [0.25, 0.3) is 0 Å². The van der Waals surface area contributed by atoms with Crippen LogP contribution in [0.2, 0.25) is 0 Å². The molecule has 6 heteroatoms. The van der Waals surface area contributed by atoms with Crippen LogP contribution in [-0.2, 0) is 11.3 Å². The van der Waals surface area contributed by atoms with E-state index in [1.807, 2.05) is 0 Å². The van der Waals surface area contributed by atoms with Crippen LogP contribution in [0.1, 0.15) is 31.5 Å². The van der Waals surface area contributed by atoms with Gasteiger partial charge in [0.15, 0.2) is 5.82 Å². The first-order valence-electron chi connectivity index (χ1n) is 5.82. The Morgan fingerprint density at radius 2 is 2.18 bits per heavy atom. The third-order valence-corrected chi connectivity index (χ3v) is 2.76. The van der Waals surface area contributed by atoms with E-state index in [1.165, 1.54) is 12.8 Å². The minimum absolute atomic E-state index is 0.269. The topological polar surface area (TPSA) is 82.3 Å². The summed E-state index contributed by atoms with van der Waals surface area (Å²) >= 11 is 0. The van der Waals surface area contributed by atoms with E-state index in [2.05, 4.69) is 15.4 Å². The molecule has 0 bridgehead atoms. The Morgan fingerprint density at radius 1 is 1.41 bits per heavy atom. The van der Waals surface area contributed by atoms with Crippen LogP contribution in [0, 0.1) is 0 Å². The number of hydrogen-bond donors (Lipinski definition) is 2. The van der Waals surface area contributed by atoms with Crippen molar-refractivity contribution in [3.8, 4) is 5.88 Å². The smallest absolute Gasteiger partial charge is 0.219 e. The van der Waals surface area contributed by atoms with E-state index in [4.69, 9.17) is 15.3 Å². The van der Waals surface area contributed by atoms with Crippen molar-refractivity contribution in [1.82, 2.24) is 9.97 Å². The van der Waals surface area contributed by atoms with Crippen LogP contribution in [-0.4, -0.2) is 23.2 Å². The molecule has 0 radical (unpaired) electrons. The van der Waals surface area contributed by atoms with Crippen LogP contribution >= 0.6 is 0 Å². The maximum atomic E-state index is 5.80. The monoisotopic (exact) mass is 238 g/mol. The number of methoxy groups -OCH3 is 1. The summed E-state index contributed by atoms with van der Waals surface area (Å²) in [5.41, 5.74) is 2.50. The number of hydrogen-bond acceptors (Lipinski definition) is 6. The third kappa shape index (κ3) is 3.28. The lowest BCUT2D eigenvalue weighted by molar-refractivity contribution is 0.171. The lowest BCUT2D eigenvalue weighted by Crippen LogP contribution is -2.15. The average Bonchev–Trinajstić information content (AvgIpc) is 2.82. The first-order chi connectivity index (χ1) is 8.31. The number of anilines is 1. The molecule has 0 amide bonds. The van der Waals surface area contributed by atoms with Gasteiger partial charge in [-0.25, -0.2) is 10.8 Å². The molecule has 1 fully saturated rings. The fraction of sp³-hybridized carbons (Fsp3) is 0.636. The van der Waals surface area contributed by atoms with Gasteiger partial charge in [-0.3, -0.25) is 0 Å². The van der Waals surface area contributed by atoms with Crippen molar-refractivity contribution >= 4 is 5.82 Å². The number of ether oxygens (including phenoxy) is 2. The minimum atomic E-state index is 0.269. The van der Waals surface area contributed by atoms with Crippen molar-refractivity contribution in [1.29, 1.82) is 0 Å². The SMILES string of the molecule is COCc1nc(NN)cc(OC2CCCC2)n1. The highest BCUT2D eigenvalue weighted by atomic mass is 16.5. The highest BCUT2D eigenvalue weighted by Crippen LogP contribution is 2.24. The van der Waals surface area contributed by atoms with Crippen LogP contribution in [0.5, 0.6) is 5.88 Å². The maximum Gasteiger partial charge on any atom is 0.219 e. The van der Waals surface area contributed by atoms with Crippen LogP contribution in [0.15, 0.2) is 6.07 Å². The second kappa shape index (κ2) is 5.79. The fourth-order valence-electron chi connectivity index (χ4n) is 1.98. The van der Waals surface area contributed by atoms with Crippen molar-refractivity contribution in [2.45, 2.75) is 38.4 Å². The van der Waals surface area contributed by atoms with Crippen LogP contribution in [0.3, 0.4) is 0 Å². The molecule has 1 heterocycles. The number of nitrogens with two attached hydrogens (primary N) is 1. The van der Waals surface area contributed by atoms with Gasteiger partial charge in [0.1, 0.15) is 18.5 Å². The van der Waals surface area contributed by atoms with Gasteiger partial charge in [-0.15, -0.1) is 0 Å². The van der Waals surface area contributed by atoms with Crippen molar-refractivity contribution in [3.63, 3.8) is 0 Å². The lowest BCUT2D eigenvalue weighted by Gasteiger charge is -2.13. The molecular weight excluding hydrogens is 220 g/mol. The van der Waals surface area contributed by atoms with Crippen LogP contribution < -0.4 is 16.0 Å². The van der Waals surface area contributed by atoms with E-state index < -0.39 is 0 Å². The molecular formula is C11H18N4O2. The van der Waals surface area contributed by atoms with Crippen LogP contribution in [0.4, 0.5) is 5.82 Å². The van der Waals surface area contributed by atoms with Gasteiger partial charge in [0.05, 0.1) is 0 Å². The second-order valence-corrected chi connectivity index (χ2v) is 4.11. The molecule has 0 aromatic carbocycles. The molecule has 1 saturated carbocycles. The Balaban J connectivity index is 2.10. The molecule has 0 spiro atoms. The lowest BCUT2D eigenvalue weighted by atomic mass is 10.3. The quantitative estimate of drug-likeness (QED) is 0.593. The van der Waals surface area contributed by atoms with Gasteiger partial charge >= 0.3 is 0 Å². The van der Waals surface area contributed by atoms with Gasteiger partial charge in [0, 0.05) is 13.2 Å². The summed E-state index contributed by atoms with van der Waals surface area (Å²) in [6, 6.07) is 1.71. The molecule has 0 aliphatic heterocycles. The second-order valence-electron chi connectivity index (χ2n) is 4.11. The van der Waals surface area contributed by atoms with E-state index >= 15 is 0 Å². The summed E-state index contributed by atoms with van der Waals surface area (Å²) in [5, 5.41) is 0. The van der Waals surface area contributed by atoms with Crippen molar-refractivity contribution in [2.75, 3.05) is 12.5 Å². The molecule has 94 valence electrons. The highest BCUT2D eigenvalue weighted by molar-refractivity contribution is 5.37. The van der Waals surface area contributed by atoms with Gasteiger partial charge < -0.3 is 14.9 Å². The number of nitrogens with one attached hydrogen (secondary N) is 1. The highest BCUT2D eigenvalue weighted by Gasteiger charge is 2.17. The zero-order valence-corrected chi connectivity index (χ0v) is 9.98. The van der Waals surface area contributed by atoms with E-state index in [0.717, 1.165) is 12.8 Å². The van der Waals surface area contributed by atoms with Gasteiger partial charge in [-0.1, -0.05) is 0 Å². The summed E-state index contributed by atoms with van der Waals surface area (Å²) in [4.78, 5) is 8.44. The zero-order valence-electron chi connectivity index (χ0n) is 9.98. The molecule has 1 aromatic rings. The molecule has 6 nitrogen and oxygen atoms in total. The molecule has 2 rings (SSSR count). The van der Waals surface area contributed by atoms with Gasteiger partial charge in [0.2, 0.25) is 5.88 Å². The number of nitrogen functional groups attached to an aromatic ring is 1. The molecule has 1 aliphatic carbocycles. The summed E-state index contributed by atoms with van der Waals surface area (Å²) in [5.74, 6) is 7.02. The Morgan fingerprint density at radius 3 is 2.82 bits per heavy atom. The largest absolute Gasteiger partial charge is 0.474 e. The molecule has 1 aliphatic rings. The molecule has 1 aromatic heterocycles. The van der Waals surface area contributed by atoms with E-state index in [0.29, 0.717) is 24.1 Å². The standard InChI is InChI=1S/C11H18N4O2/c1-16-7-10-13-9(15-12)6-11(14-10)17-8-4-2-3-5-8/h6,8H,2-5,7,12H2,1H3,(H,13,14,15). The molecule has 0 unspecified atom stereocenters. The predicted molar refractivity (Wildman–Crippen MR) is 63.4 cm³/mol. The molecule has 0 atom stereocenters. The molecule has 3 N–H and O–H groups in total. The third-order valence-electron chi connectivity index (χ3n) is 2.76. The number of aromatic nitrogens is 2. The number of hydrazine groups is 1. The fourth-order valence-corrected chi connectivity index (χ4v) is 1.98. The Kier molecular flexibility index (Phi) is 4.11. The van der Waals surface area contributed by atoms with Gasteiger partial charge in [-0.05, 0) is 25.7 Å². The average molecular weight is 238 g/mol.